The molecule has 0 saturated heterocycles. The number of halogens is 3. The van der Waals surface area contributed by atoms with Gasteiger partial charge in [-0.05, 0) is 45.9 Å². The minimum Gasteiger partial charge on any atom is -0.444 e. The molecule has 36 heavy (non-hydrogen) atoms. The monoisotopic (exact) mass is 554 g/mol. The summed E-state index contributed by atoms with van der Waals surface area (Å²) in [6, 6.07) is 3.17. The van der Waals surface area contributed by atoms with E-state index in [1.807, 2.05) is 4.90 Å². The van der Waals surface area contributed by atoms with Crippen molar-refractivity contribution < 1.29 is 19.0 Å². The predicted octanol–water partition coefficient (Wildman–Crippen LogP) is 5.46. The summed E-state index contributed by atoms with van der Waals surface area (Å²) in [7, 11) is 0. The Balaban J connectivity index is 1.81. The molecule has 0 radical (unpaired) electrons. The first-order chi connectivity index (χ1) is 17.0. The van der Waals surface area contributed by atoms with E-state index >= 15 is 0 Å². The molecule has 9 nitrogen and oxygen atoms in total. The van der Waals surface area contributed by atoms with Crippen molar-refractivity contribution in [2.75, 3.05) is 16.5 Å². The molecule has 0 spiro atoms. The Labute approximate surface area is 221 Å². The Morgan fingerprint density at radius 1 is 1.28 bits per heavy atom. The van der Waals surface area contributed by atoms with Crippen LogP contribution >= 0.6 is 35.0 Å². The zero-order valence-corrected chi connectivity index (χ0v) is 22.4. The fraction of sp³-hybridized carbons (Fsp3) is 0.435. The lowest BCUT2D eigenvalue weighted by Gasteiger charge is -2.43. The summed E-state index contributed by atoms with van der Waals surface area (Å²) in [5, 5.41) is 13.3. The van der Waals surface area contributed by atoms with Crippen molar-refractivity contribution in [3.8, 4) is 0 Å². The largest absolute Gasteiger partial charge is 0.444 e. The third-order valence-electron chi connectivity index (χ3n) is 5.57. The number of thioether (sulfide) groups is 1. The molecule has 13 heteroatoms. The minimum absolute atomic E-state index is 0.0591. The first-order valence-corrected chi connectivity index (χ1v) is 13.1. The molecule has 3 aromatic rings. The molecule has 3 aromatic heterocycles. The number of hydrogen-bond acceptors (Lipinski definition) is 9. The normalized spacial score (nSPS) is 17.6. The van der Waals surface area contributed by atoms with Gasteiger partial charge in [0.05, 0.1) is 17.5 Å². The first-order valence-electron chi connectivity index (χ1n) is 11.1. The van der Waals surface area contributed by atoms with Crippen LogP contribution in [-0.4, -0.2) is 55.1 Å². The number of anilines is 2. The molecule has 4 rings (SSSR count). The van der Waals surface area contributed by atoms with Crippen LogP contribution in [0.15, 0.2) is 23.5 Å². The molecule has 1 amide bonds. The van der Waals surface area contributed by atoms with E-state index in [0.29, 0.717) is 29.4 Å². The van der Waals surface area contributed by atoms with E-state index in [0.717, 1.165) is 0 Å². The summed E-state index contributed by atoms with van der Waals surface area (Å²) in [6.07, 6.45) is 3.27. The zero-order chi connectivity index (χ0) is 26.2. The van der Waals surface area contributed by atoms with Gasteiger partial charge in [0.1, 0.15) is 27.9 Å². The van der Waals surface area contributed by atoms with Gasteiger partial charge in [0, 0.05) is 18.3 Å². The van der Waals surface area contributed by atoms with E-state index in [1.165, 1.54) is 11.8 Å². The van der Waals surface area contributed by atoms with Crippen molar-refractivity contribution in [2.24, 2.45) is 0 Å². The Hall–Kier alpha value is -2.47. The van der Waals surface area contributed by atoms with Gasteiger partial charge in [-0.1, -0.05) is 41.0 Å². The molecular weight excluding hydrogens is 530 g/mol. The number of aliphatic hydroxyl groups is 1. The quantitative estimate of drug-likeness (QED) is 0.232. The number of hydrogen-bond donors (Lipinski definition) is 2. The number of ether oxygens (including phenoxy) is 1. The maximum absolute atomic E-state index is 15.0. The summed E-state index contributed by atoms with van der Waals surface area (Å²) < 4.78 is 20.4. The fourth-order valence-electron chi connectivity index (χ4n) is 3.81. The van der Waals surface area contributed by atoms with Gasteiger partial charge >= 0.3 is 6.09 Å². The second kappa shape index (κ2) is 10.5. The van der Waals surface area contributed by atoms with E-state index < -0.39 is 28.8 Å². The number of nitrogens with zero attached hydrogens (tertiary/aromatic N) is 5. The van der Waals surface area contributed by atoms with Crippen LogP contribution in [0.2, 0.25) is 10.3 Å². The highest BCUT2D eigenvalue weighted by Gasteiger charge is 2.37. The van der Waals surface area contributed by atoms with Gasteiger partial charge in [0.25, 0.3) is 0 Å². The van der Waals surface area contributed by atoms with Gasteiger partial charge < -0.3 is 14.7 Å². The van der Waals surface area contributed by atoms with Gasteiger partial charge in [-0.2, -0.15) is 0 Å². The number of rotatable bonds is 6. The first kappa shape index (κ1) is 26.6. The molecule has 1 fully saturated rings. The van der Waals surface area contributed by atoms with Gasteiger partial charge in [0.15, 0.2) is 16.1 Å². The van der Waals surface area contributed by atoms with Crippen molar-refractivity contribution in [1.82, 2.24) is 19.9 Å². The minimum atomic E-state index is -0.808. The lowest BCUT2D eigenvalue weighted by Crippen LogP contribution is -2.51. The van der Waals surface area contributed by atoms with E-state index in [9.17, 15) is 14.3 Å². The van der Waals surface area contributed by atoms with Crippen molar-refractivity contribution in [1.29, 1.82) is 0 Å². The summed E-state index contributed by atoms with van der Waals surface area (Å²) >= 11 is 13.6. The zero-order valence-electron chi connectivity index (χ0n) is 20.0. The number of carbonyl (C=O) groups is 1. The molecule has 0 bridgehead atoms. The molecule has 1 aliphatic carbocycles. The van der Waals surface area contributed by atoms with Gasteiger partial charge in [-0.3, -0.25) is 5.32 Å². The number of aliphatic hydroxyl groups excluding tert-OH is 1. The van der Waals surface area contributed by atoms with Gasteiger partial charge in [0.2, 0.25) is 0 Å². The van der Waals surface area contributed by atoms with Gasteiger partial charge in [-0.25, -0.2) is 29.1 Å². The summed E-state index contributed by atoms with van der Waals surface area (Å²) in [5.74, 6) is -0.224. The second-order valence-corrected chi connectivity index (χ2v) is 10.7. The molecule has 0 aliphatic heterocycles. The van der Waals surface area contributed by atoms with E-state index in [4.69, 9.17) is 27.9 Å². The second-order valence-electron chi connectivity index (χ2n) is 9.24. The lowest BCUT2D eigenvalue weighted by atomic mass is 9.87. The van der Waals surface area contributed by atoms with Crippen LogP contribution in [0.4, 0.5) is 20.8 Å². The average Bonchev–Trinajstić information content (AvgIpc) is 2.80. The highest BCUT2D eigenvalue weighted by atomic mass is 35.5. The summed E-state index contributed by atoms with van der Waals surface area (Å²) in [5.41, 5.74) is -0.130. The smallest absolute Gasteiger partial charge is 0.413 e. The van der Waals surface area contributed by atoms with Crippen molar-refractivity contribution in [3.63, 3.8) is 0 Å². The third-order valence-corrected chi connectivity index (χ3v) is 6.64. The summed E-state index contributed by atoms with van der Waals surface area (Å²) in [6.45, 7) is 5.45. The number of amides is 1. The molecule has 0 unspecified atom stereocenters. The molecule has 192 valence electrons. The maximum Gasteiger partial charge on any atom is 0.413 e. The number of carbonyl (C=O) groups excluding carboxylic acids is 1. The van der Waals surface area contributed by atoms with Crippen molar-refractivity contribution in [3.05, 3.63) is 40.0 Å². The van der Waals surface area contributed by atoms with Gasteiger partial charge in [-0.15, -0.1) is 0 Å². The van der Waals surface area contributed by atoms with Crippen LogP contribution in [0.1, 0.15) is 39.2 Å². The Morgan fingerprint density at radius 3 is 2.64 bits per heavy atom. The number of aromatic nitrogens is 4. The van der Waals surface area contributed by atoms with Crippen LogP contribution in [0.5, 0.6) is 0 Å². The summed E-state index contributed by atoms with van der Waals surface area (Å²) in [4.78, 5) is 31.4. The van der Waals surface area contributed by atoms with E-state index in [-0.39, 0.29) is 34.5 Å². The lowest BCUT2D eigenvalue weighted by molar-refractivity contribution is 0.0625. The van der Waals surface area contributed by atoms with Crippen LogP contribution in [-0.2, 0) is 11.3 Å². The molecule has 3 heterocycles. The molecule has 1 saturated carbocycles. The Bertz CT molecular complexity index is 1310. The number of nitrogens with one attached hydrogen (secondary N) is 1. The Morgan fingerprint density at radius 2 is 2.03 bits per heavy atom. The van der Waals surface area contributed by atoms with E-state index in [1.54, 1.807) is 45.4 Å². The average molecular weight is 555 g/mol. The highest BCUT2D eigenvalue weighted by molar-refractivity contribution is 7.98. The van der Waals surface area contributed by atoms with Crippen molar-refractivity contribution >= 4 is 63.6 Å². The van der Waals surface area contributed by atoms with Crippen LogP contribution in [0.3, 0.4) is 0 Å². The molecular formula is C23H25Cl2FN6O3S. The molecule has 2 N–H and O–H groups in total. The van der Waals surface area contributed by atoms with E-state index in [2.05, 4.69) is 25.3 Å². The van der Waals surface area contributed by atoms with Crippen LogP contribution in [0, 0.1) is 5.82 Å². The highest BCUT2D eigenvalue weighted by Crippen LogP contribution is 2.39. The number of fused-ring (bicyclic) bond motifs is 1. The SMILES string of the molecule is CSc1nc(N(Cc2cccnc2NC(=O)OC(C)(C)C)[C@@H]2CC[C@@H]2O)c2c(Cl)nc(Cl)c(F)c2n1. The molecule has 2 atom stereocenters. The third kappa shape index (κ3) is 5.59. The Kier molecular flexibility index (Phi) is 7.75. The molecule has 0 aromatic carbocycles. The van der Waals surface area contributed by atoms with Crippen molar-refractivity contribution in [2.45, 2.75) is 63.1 Å². The fourth-order valence-corrected chi connectivity index (χ4v) is 4.64. The number of pyridine rings is 2. The van der Waals surface area contributed by atoms with Crippen LogP contribution < -0.4 is 10.2 Å². The maximum atomic E-state index is 15.0. The standard InChI is InChI=1S/C23H25Cl2FN6O3S/c1-23(2,3)35-22(34)30-19-11(6-5-9-27-19)10-32(12-7-8-13(12)33)20-14-16(28-21(31-20)36-4)15(26)18(25)29-17(14)24/h5-6,9,12-13,33H,7-8,10H2,1-4H3,(H,27,30,34)/t12-,13+/m1/s1. The molecule has 1 aliphatic rings. The predicted molar refractivity (Wildman–Crippen MR) is 138 cm³/mol. The topological polar surface area (TPSA) is 113 Å². The van der Waals surface area contributed by atoms with Crippen LogP contribution in [0.25, 0.3) is 10.9 Å².